The summed E-state index contributed by atoms with van der Waals surface area (Å²) in [5.74, 6) is 0. The van der Waals surface area contributed by atoms with Crippen molar-refractivity contribution in [3.8, 4) is 0 Å². The van der Waals surface area contributed by atoms with Crippen LogP contribution in [0.1, 0.15) is 30.5 Å². The van der Waals surface area contributed by atoms with Gasteiger partial charge in [-0.1, -0.05) is 6.92 Å². The van der Waals surface area contributed by atoms with Crippen molar-refractivity contribution in [3.63, 3.8) is 0 Å². The molecule has 14 heavy (non-hydrogen) atoms. The summed E-state index contributed by atoms with van der Waals surface area (Å²) in [6.45, 7) is 3.31. The van der Waals surface area contributed by atoms with E-state index in [1.54, 1.807) is 0 Å². The molecule has 1 fully saturated rings. The zero-order valence-electron chi connectivity index (χ0n) is 8.97. The van der Waals surface area contributed by atoms with Crippen molar-refractivity contribution >= 4 is 11.3 Å². The number of aromatic nitrogens is 1. The quantitative estimate of drug-likeness (QED) is 0.806. The molecule has 0 amide bonds. The molecule has 2 nitrogen and oxygen atoms in total. The number of nitrogens with zero attached hydrogens (tertiary/aromatic N) is 1. The second-order valence-electron chi connectivity index (χ2n) is 4.29. The molecule has 0 atom stereocenters. The largest absolute Gasteiger partial charge is 0.319 e. The monoisotopic (exact) mass is 210 g/mol. The summed E-state index contributed by atoms with van der Waals surface area (Å²) in [5.41, 5.74) is 1.81. The van der Waals surface area contributed by atoms with Gasteiger partial charge in [-0.05, 0) is 31.7 Å². The first-order valence-corrected chi connectivity index (χ1v) is 6.24. The van der Waals surface area contributed by atoms with Gasteiger partial charge in [0.25, 0.3) is 0 Å². The van der Waals surface area contributed by atoms with E-state index in [9.17, 15) is 0 Å². The van der Waals surface area contributed by atoms with Crippen LogP contribution in [0, 0.1) is 5.41 Å². The topological polar surface area (TPSA) is 24.9 Å². The van der Waals surface area contributed by atoms with Crippen LogP contribution in [0.3, 0.4) is 0 Å². The van der Waals surface area contributed by atoms with E-state index in [0.717, 1.165) is 13.0 Å². The highest BCUT2D eigenvalue weighted by Gasteiger charge is 2.42. The lowest BCUT2D eigenvalue weighted by Gasteiger charge is -2.11. The molecule has 0 aromatic carbocycles. The Morgan fingerprint density at radius 1 is 1.57 bits per heavy atom. The van der Waals surface area contributed by atoms with Gasteiger partial charge in [-0.2, -0.15) is 0 Å². The predicted octanol–water partition coefficient (Wildman–Crippen LogP) is 2.25. The molecule has 1 aromatic heterocycles. The average molecular weight is 210 g/mol. The van der Waals surface area contributed by atoms with Crippen LogP contribution >= 0.6 is 11.3 Å². The number of rotatable bonds is 5. The van der Waals surface area contributed by atoms with Crippen molar-refractivity contribution in [3.05, 3.63) is 16.1 Å². The van der Waals surface area contributed by atoms with Crippen molar-refractivity contribution in [1.29, 1.82) is 0 Å². The lowest BCUT2D eigenvalue weighted by molar-refractivity contribution is 0.477. The molecule has 1 aliphatic carbocycles. The molecule has 3 heteroatoms. The van der Waals surface area contributed by atoms with Crippen molar-refractivity contribution < 1.29 is 0 Å². The lowest BCUT2D eigenvalue weighted by atomic mass is 10.0. The standard InChI is InChI=1S/C11H18N2S/c1-3-9-7-14-10(13-9)6-11(4-5-11)8-12-2/h7,12H,3-6,8H2,1-2H3. The zero-order valence-corrected chi connectivity index (χ0v) is 9.78. The van der Waals surface area contributed by atoms with E-state index in [2.05, 4.69) is 22.6 Å². The number of nitrogens with one attached hydrogen (secondary N) is 1. The highest BCUT2D eigenvalue weighted by molar-refractivity contribution is 7.09. The SMILES string of the molecule is CCc1csc(CC2(CNC)CC2)n1. The van der Waals surface area contributed by atoms with Gasteiger partial charge < -0.3 is 5.32 Å². The van der Waals surface area contributed by atoms with Crippen molar-refractivity contribution in [2.45, 2.75) is 32.6 Å². The minimum absolute atomic E-state index is 0.553. The number of hydrogen-bond donors (Lipinski definition) is 1. The number of aryl methyl sites for hydroxylation is 1. The van der Waals surface area contributed by atoms with Gasteiger partial charge in [0, 0.05) is 18.3 Å². The smallest absolute Gasteiger partial charge is 0.0934 e. The fourth-order valence-corrected chi connectivity index (χ4v) is 2.93. The van der Waals surface area contributed by atoms with E-state index in [-0.39, 0.29) is 0 Å². The van der Waals surface area contributed by atoms with Crippen LogP contribution in [0.2, 0.25) is 0 Å². The number of thiazole rings is 1. The molecular weight excluding hydrogens is 192 g/mol. The second-order valence-corrected chi connectivity index (χ2v) is 5.24. The van der Waals surface area contributed by atoms with Crippen LogP contribution in [0.4, 0.5) is 0 Å². The Labute approximate surface area is 89.8 Å². The van der Waals surface area contributed by atoms with E-state index in [1.807, 2.05) is 18.4 Å². The predicted molar refractivity (Wildman–Crippen MR) is 60.8 cm³/mol. The van der Waals surface area contributed by atoms with Crippen LogP contribution in [-0.2, 0) is 12.8 Å². The normalized spacial score (nSPS) is 18.4. The Bertz CT molecular complexity index is 302. The zero-order chi connectivity index (χ0) is 10.0. The van der Waals surface area contributed by atoms with Crippen LogP contribution in [0.5, 0.6) is 0 Å². The van der Waals surface area contributed by atoms with E-state index in [0.29, 0.717) is 5.41 Å². The van der Waals surface area contributed by atoms with Crippen molar-refractivity contribution in [1.82, 2.24) is 10.3 Å². The van der Waals surface area contributed by atoms with E-state index in [4.69, 9.17) is 0 Å². The lowest BCUT2D eigenvalue weighted by Crippen LogP contribution is -2.21. The number of hydrogen-bond acceptors (Lipinski definition) is 3. The summed E-state index contributed by atoms with van der Waals surface area (Å²) in [4.78, 5) is 4.63. The van der Waals surface area contributed by atoms with Crippen LogP contribution in [0.25, 0.3) is 0 Å². The summed E-state index contributed by atoms with van der Waals surface area (Å²) in [6, 6.07) is 0. The summed E-state index contributed by atoms with van der Waals surface area (Å²) < 4.78 is 0. The molecule has 0 radical (unpaired) electrons. The average Bonchev–Trinajstić information content (AvgIpc) is 2.78. The Morgan fingerprint density at radius 3 is 2.86 bits per heavy atom. The first-order valence-electron chi connectivity index (χ1n) is 5.36. The molecule has 0 unspecified atom stereocenters. The van der Waals surface area contributed by atoms with Gasteiger partial charge in [0.1, 0.15) is 0 Å². The molecule has 0 spiro atoms. The van der Waals surface area contributed by atoms with Crippen LogP contribution in [0.15, 0.2) is 5.38 Å². The molecule has 1 N–H and O–H groups in total. The minimum Gasteiger partial charge on any atom is -0.319 e. The van der Waals surface area contributed by atoms with E-state index < -0.39 is 0 Å². The maximum atomic E-state index is 4.63. The third-order valence-electron chi connectivity index (χ3n) is 3.00. The molecule has 78 valence electrons. The first kappa shape index (κ1) is 10.1. The first-order chi connectivity index (χ1) is 6.78. The third kappa shape index (κ3) is 2.15. The third-order valence-corrected chi connectivity index (χ3v) is 3.89. The highest BCUT2D eigenvalue weighted by atomic mass is 32.1. The molecule has 2 rings (SSSR count). The van der Waals surface area contributed by atoms with E-state index in [1.165, 1.54) is 30.0 Å². The summed E-state index contributed by atoms with van der Waals surface area (Å²) in [5, 5.41) is 6.82. The summed E-state index contributed by atoms with van der Waals surface area (Å²) in [6.07, 6.45) is 4.98. The Kier molecular flexibility index (Phi) is 2.88. The minimum atomic E-state index is 0.553. The molecule has 0 bridgehead atoms. The van der Waals surface area contributed by atoms with Gasteiger partial charge in [-0.15, -0.1) is 11.3 Å². The maximum absolute atomic E-state index is 4.63. The van der Waals surface area contributed by atoms with Crippen molar-refractivity contribution in [2.75, 3.05) is 13.6 Å². The van der Waals surface area contributed by atoms with Gasteiger partial charge in [0.05, 0.1) is 10.7 Å². The molecule has 0 saturated heterocycles. The molecule has 1 saturated carbocycles. The van der Waals surface area contributed by atoms with Gasteiger partial charge in [-0.25, -0.2) is 4.98 Å². The van der Waals surface area contributed by atoms with Crippen LogP contribution < -0.4 is 5.32 Å². The molecule has 1 aromatic rings. The maximum Gasteiger partial charge on any atom is 0.0934 e. The fourth-order valence-electron chi connectivity index (χ4n) is 1.88. The van der Waals surface area contributed by atoms with Crippen LogP contribution in [-0.4, -0.2) is 18.6 Å². The summed E-state index contributed by atoms with van der Waals surface area (Å²) in [7, 11) is 2.04. The highest BCUT2D eigenvalue weighted by Crippen LogP contribution is 2.48. The Hall–Kier alpha value is -0.410. The fraction of sp³-hybridized carbons (Fsp3) is 0.727. The van der Waals surface area contributed by atoms with Gasteiger partial charge >= 0.3 is 0 Å². The van der Waals surface area contributed by atoms with Crippen molar-refractivity contribution in [2.24, 2.45) is 5.41 Å². The molecular formula is C11H18N2S. The van der Waals surface area contributed by atoms with Gasteiger partial charge in [-0.3, -0.25) is 0 Å². The summed E-state index contributed by atoms with van der Waals surface area (Å²) >= 11 is 1.83. The van der Waals surface area contributed by atoms with E-state index >= 15 is 0 Å². The Balaban J connectivity index is 1.96. The second kappa shape index (κ2) is 3.99. The van der Waals surface area contributed by atoms with Gasteiger partial charge in [0.15, 0.2) is 0 Å². The molecule has 1 aliphatic rings. The van der Waals surface area contributed by atoms with Gasteiger partial charge in [0.2, 0.25) is 0 Å². The molecule has 1 heterocycles. The molecule has 0 aliphatic heterocycles. The Morgan fingerprint density at radius 2 is 2.36 bits per heavy atom.